The van der Waals surface area contributed by atoms with Crippen LogP contribution >= 0.6 is 31.9 Å². The number of halogens is 2. The van der Waals surface area contributed by atoms with Gasteiger partial charge in [-0.2, -0.15) is 0 Å². The van der Waals surface area contributed by atoms with E-state index < -0.39 is 0 Å². The van der Waals surface area contributed by atoms with Crippen molar-refractivity contribution in [3.8, 4) is 5.75 Å². The molecule has 1 atom stereocenters. The molecule has 0 aliphatic rings. The van der Waals surface area contributed by atoms with Gasteiger partial charge in [0.15, 0.2) is 0 Å². The van der Waals surface area contributed by atoms with Crippen LogP contribution in [0, 0.1) is 0 Å². The van der Waals surface area contributed by atoms with E-state index in [1.165, 1.54) is 6.92 Å². The number of anilines is 1. The van der Waals surface area contributed by atoms with Gasteiger partial charge in [-0.05, 0) is 48.5 Å². The first-order valence-corrected chi connectivity index (χ1v) is 11.5. The summed E-state index contributed by atoms with van der Waals surface area (Å²) in [7, 11) is 1.64. The molecule has 0 aliphatic carbocycles. The van der Waals surface area contributed by atoms with Gasteiger partial charge in [-0.3, -0.25) is 4.79 Å². The lowest BCUT2D eigenvalue weighted by Gasteiger charge is -2.20. The molecular weight excluding hydrogens is 524 g/mol. The van der Waals surface area contributed by atoms with Crippen molar-refractivity contribution in [2.24, 2.45) is 0 Å². The fourth-order valence-electron chi connectivity index (χ4n) is 3.79. The topological polar surface area (TPSA) is 52.5 Å². The molecule has 1 heterocycles. The Hall–Kier alpha value is -2.51. The first-order valence-electron chi connectivity index (χ1n) is 9.87. The molecule has 0 saturated heterocycles. The minimum atomic E-state index is -0.352. The van der Waals surface area contributed by atoms with E-state index in [-0.39, 0.29) is 12.1 Å². The van der Waals surface area contributed by atoms with Gasteiger partial charge in [0.05, 0.1) is 20.2 Å². The van der Waals surface area contributed by atoms with E-state index in [2.05, 4.69) is 66.0 Å². The molecule has 0 spiro atoms. The zero-order chi connectivity index (χ0) is 22.0. The van der Waals surface area contributed by atoms with Crippen LogP contribution in [-0.2, 0) is 16.1 Å². The lowest BCUT2D eigenvalue weighted by Crippen LogP contribution is -2.30. The number of carbonyl (C=O) groups is 1. The molecule has 3 aromatic carbocycles. The molecule has 1 unspecified atom stereocenters. The zero-order valence-corrected chi connectivity index (χ0v) is 20.4. The number of nitrogens with one attached hydrogen (secondary N) is 1. The number of carbonyl (C=O) groups excluding carboxylic acids is 1. The standard InChI is InChI=1S/C24H22Br2N2O3/c1-15(29)31-20(13-27-18-4-3-5-19(12-18)30-2)14-28-23-8-6-16(25)10-21(23)22-11-17(26)7-9-24(22)28/h3-12,20,27H,13-14H2,1-2H3. The number of rotatable bonds is 7. The molecule has 1 aromatic heterocycles. The van der Waals surface area contributed by atoms with E-state index in [0.29, 0.717) is 13.1 Å². The number of esters is 1. The number of methoxy groups -OCH3 is 1. The van der Waals surface area contributed by atoms with Gasteiger partial charge in [0.1, 0.15) is 11.9 Å². The fraction of sp³-hybridized carbons (Fsp3) is 0.208. The number of benzene rings is 3. The van der Waals surface area contributed by atoms with Gasteiger partial charge < -0.3 is 19.4 Å². The quantitative estimate of drug-likeness (QED) is 0.274. The Bertz CT molecular complexity index is 1190. The summed E-state index contributed by atoms with van der Waals surface area (Å²) in [6.07, 6.45) is -0.352. The minimum Gasteiger partial charge on any atom is -0.497 e. The van der Waals surface area contributed by atoms with Crippen LogP contribution in [0.15, 0.2) is 69.6 Å². The molecule has 4 rings (SSSR count). The Morgan fingerprint density at radius 3 is 2.23 bits per heavy atom. The lowest BCUT2D eigenvalue weighted by atomic mass is 10.2. The lowest BCUT2D eigenvalue weighted by molar-refractivity contribution is -0.146. The Balaban J connectivity index is 1.68. The first-order chi connectivity index (χ1) is 14.9. The third kappa shape index (κ3) is 4.88. The number of hydrogen-bond donors (Lipinski definition) is 1. The second-order valence-electron chi connectivity index (χ2n) is 7.28. The predicted molar refractivity (Wildman–Crippen MR) is 132 cm³/mol. The number of fused-ring (bicyclic) bond motifs is 3. The molecule has 0 amide bonds. The average Bonchev–Trinajstić information content (AvgIpc) is 3.04. The molecule has 5 nitrogen and oxygen atoms in total. The van der Waals surface area contributed by atoms with Crippen LogP contribution in [0.1, 0.15) is 6.92 Å². The highest BCUT2D eigenvalue weighted by molar-refractivity contribution is 9.10. The summed E-state index contributed by atoms with van der Waals surface area (Å²) in [4.78, 5) is 11.8. The van der Waals surface area contributed by atoms with Crippen LogP contribution in [0.25, 0.3) is 21.8 Å². The maximum atomic E-state index is 11.8. The molecule has 0 bridgehead atoms. The molecule has 0 fully saturated rings. The maximum Gasteiger partial charge on any atom is 0.303 e. The van der Waals surface area contributed by atoms with E-state index >= 15 is 0 Å². The third-order valence-electron chi connectivity index (χ3n) is 5.11. The third-order valence-corrected chi connectivity index (χ3v) is 6.10. The van der Waals surface area contributed by atoms with Crippen molar-refractivity contribution in [2.45, 2.75) is 19.6 Å². The molecule has 31 heavy (non-hydrogen) atoms. The Morgan fingerprint density at radius 1 is 1.00 bits per heavy atom. The van der Waals surface area contributed by atoms with Crippen LogP contribution in [0.4, 0.5) is 5.69 Å². The summed E-state index contributed by atoms with van der Waals surface area (Å²) in [5.41, 5.74) is 3.09. The summed E-state index contributed by atoms with van der Waals surface area (Å²) in [6, 6.07) is 20.2. The minimum absolute atomic E-state index is 0.302. The van der Waals surface area contributed by atoms with Crippen molar-refractivity contribution in [1.29, 1.82) is 0 Å². The maximum absolute atomic E-state index is 11.8. The molecule has 1 N–H and O–H groups in total. The molecule has 160 valence electrons. The zero-order valence-electron chi connectivity index (χ0n) is 17.2. The monoisotopic (exact) mass is 544 g/mol. The van der Waals surface area contributed by atoms with Crippen molar-refractivity contribution in [1.82, 2.24) is 4.57 Å². The van der Waals surface area contributed by atoms with E-state index in [1.807, 2.05) is 36.4 Å². The van der Waals surface area contributed by atoms with E-state index in [1.54, 1.807) is 7.11 Å². The number of nitrogens with zero attached hydrogens (tertiary/aromatic N) is 1. The Kier molecular flexibility index (Phi) is 6.53. The fourth-order valence-corrected chi connectivity index (χ4v) is 4.51. The number of ether oxygens (including phenoxy) is 2. The smallest absolute Gasteiger partial charge is 0.303 e. The summed E-state index contributed by atoms with van der Waals surface area (Å²) in [6.45, 7) is 2.44. The van der Waals surface area contributed by atoms with Gasteiger partial charge in [-0.15, -0.1) is 0 Å². The largest absolute Gasteiger partial charge is 0.497 e. The second kappa shape index (κ2) is 9.32. The number of hydrogen-bond acceptors (Lipinski definition) is 4. The van der Waals surface area contributed by atoms with Crippen molar-refractivity contribution in [3.63, 3.8) is 0 Å². The van der Waals surface area contributed by atoms with Gasteiger partial charge in [0, 0.05) is 49.4 Å². The molecule has 0 radical (unpaired) electrons. The van der Waals surface area contributed by atoms with E-state index in [0.717, 1.165) is 42.2 Å². The van der Waals surface area contributed by atoms with Crippen molar-refractivity contribution in [2.75, 3.05) is 19.0 Å². The Labute approximate surface area is 197 Å². The summed E-state index contributed by atoms with van der Waals surface area (Å²) < 4.78 is 15.2. The average molecular weight is 546 g/mol. The van der Waals surface area contributed by atoms with Crippen LogP contribution in [0.2, 0.25) is 0 Å². The van der Waals surface area contributed by atoms with Crippen molar-refractivity contribution >= 4 is 65.3 Å². The van der Waals surface area contributed by atoms with Gasteiger partial charge >= 0.3 is 5.97 Å². The molecule has 0 saturated carbocycles. The highest BCUT2D eigenvalue weighted by Gasteiger charge is 2.18. The summed E-state index contributed by atoms with van der Waals surface area (Å²) in [5.74, 6) is 0.469. The summed E-state index contributed by atoms with van der Waals surface area (Å²) in [5, 5.41) is 5.66. The van der Waals surface area contributed by atoms with Gasteiger partial charge in [-0.25, -0.2) is 0 Å². The van der Waals surface area contributed by atoms with E-state index in [4.69, 9.17) is 9.47 Å². The molecule has 0 aliphatic heterocycles. The van der Waals surface area contributed by atoms with Crippen molar-refractivity contribution in [3.05, 3.63) is 69.6 Å². The van der Waals surface area contributed by atoms with Crippen LogP contribution in [0.5, 0.6) is 5.75 Å². The van der Waals surface area contributed by atoms with Crippen LogP contribution < -0.4 is 10.1 Å². The van der Waals surface area contributed by atoms with Crippen LogP contribution in [0.3, 0.4) is 0 Å². The summed E-state index contributed by atoms with van der Waals surface area (Å²) >= 11 is 7.16. The first kappa shape index (κ1) is 21.7. The van der Waals surface area contributed by atoms with Gasteiger partial charge in [-0.1, -0.05) is 37.9 Å². The Morgan fingerprint density at radius 2 is 1.65 bits per heavy atom. The molecule has 4 aromatic rings. The van der Waals surface area contributed by atoms with Gasteiger partial charge in [0.2, 0.25) is 0 Å². The SMILES string of the molecule is COc1cccc(NCC(Cn2c3ccc(Br)cc3c3cc(Br)ccc32)OC(C)=O)c1. The highest BCUT2D eigenvalue weighted by atomic mass is 79.9. The second-order valence-corrected chi connectivity index (χ2v) is 9.11. The van der Waals surface area contributed by atoms with Crippen molar-refractivity contribution < 1.29 is 14.3 Å². The predicted octanol–water partition coefficient (Wildman–Crippen LogP) is 6.37. The number of aromatic nitrogens is 1. The van der Waals surface area contributed by atoms with Gasteiger partial charge in [0.25, 0.3) is 0 Å². The molecule has 7 heteroatoms. The normalized spacial score (nSPS) is 12.1. The highest BCUT2D eigenvalue weighted by Crippen LogP contribution is 2.33. The molecular formula is C24H22Br2N2O3. The van der Waals surface area contributed by atoms with E-state index in [9.17, 15) is 4.79 Å². The van der Waals surface area contributed by atoms with Crippen LogP contribution in [-0.4, -0.2) is 30.3 Å².